The summed E-state index contributed by atoms with van der Waals surface area (Å²) in [5, 5.41) is 3.60. The van der Waals surface area contributed by atoms with Crippen LogP contribution in [0.3, 0.4) is 0 Å². The average Bonchev–Trinajstić information content (AvgIpc) is 2.58. The molecular weight excluding hydrogens is 372 g/mol. The summed E-state index contributed by atoms with van der Waals surface area (Å²) < 4.78 is 10.4. The number of ether oxygens (including phenoxy) is 1. The fraction of sp³-hybridized carbons (Fsp3) is 0.105. The molecular formula is C19H15ClN2O5. The van der Waals surface area contributed by atoms with E-state index in [1.807, 2.05) is 0 Å². The quantitative estimate of drug-likeness (QED) is 0.404. The molecule has 3 N–H and O–H groups in total. The van der Waals surface area contributed by atoms with Gasteiger partial charge in [0.2, 0.25) is 5.91 Å². The number of nitrogens with two attached hydrogens (primary N) is 1. The van der Waals surface area contributed by atoms with Crippen LogP contribution in [0.15, 0.2) is 51.7 Å². The molecule has 1 amide bonds. The van der Waals surface area contributed by atoms with E-state index in [0.29, 0.717) is 21.7 Å². The van der Waals surface area contributed by atoms with Crippen LogP contribution < -0.4 is 16.7 Å². The first-order valence-corrected chi connectivity index (χ1v) is 8.28. The van der Waals surface area contributed by atoms with Crippen molar-refractivity contribution >= 4 is 45.8 Å². The van der Waals surface area contributed by atoms with Gasteiger partial charge in [0.05, 0.1) is 5.56 Å². The first-order valence-electron chi connectivity index (χ1n) is 7.90. The first kappa shape index (κ1) is 18.5. The molecule has 0 fully saturated rings. The number of carbonyl (C=O) groups is 2. The van der Waals surface area contributed by atoms with Gasteiger partial charge in [-0.2, -0.15) is 0 Å². The Morgan fingerprint density at radius 3 is 2.67 bits per heavy atom. The van der Waals surface area contributed by atoms with Gasteiger partial charge in [-0.1, -0.05) is 11.6 Å². The molecule has 0 aliphatic heterocycles. The lowest BCUT2D eigenvalue weighted by Gasteiger charge is -2.10. The zero-order chi connectivity index (χ0) is 19.6. The van der Waals surface area contributed by atoms with Crippen LogP contribution in [0.4, 0.5) is 11.4 Å². The molecule has 2 aromatic carbocycles. The van der Waals surface area contributed by atoms with Crippen LogP contribution in [-0.2, 0) is 16.1 Å². The Bertz CT molecular complexity index is 1110. The Hall–Kier alpha value is -3.32. The monoisotopic (exact) mass is 386 g/mol. The summed E-state index contributed by atoms with van der Waals surface area (Å²) in [7, 11) is 0. The Kier molecular flexibility index (Phi) is 5.14. The largest absolute Gasteiger partial charge is 0.457 e. The molecule has 0 unspecified atom stereocenters. The molecule has 7 nitrogen and oxygen atoms in total. The number of anilines is 2. The van der Waals surface area contributed by atoms with Crippen molar-refractivity contribution in [1.29, 1.82) is 0 Å². The highest BCUT2D eigenvalue weighted by Crippen LogP contribution is 2.23. The van der Waals surface area contributed by atoms with Crippen LogP contribution in [0.1, 0.15) is 22.8 Å². The van der Waals surface area contributed by atoms with Crippen LogP contribution in [0.25, 0.3) is 11.0 Å². The van der Waals surface area contributed by atoms with Crippen molar-refractivity contribution in [2.24, 2.45) is 0 Å². The summed E-state index contributed by atoms with van der Waals surface area (Å²) >= 11 is 5.82. The van der Waals surface area contributed by atoms with E-state index in [9.17, 15) is 14.4 Å². The minimum atomic E-state index is -0.638. The summed E-state index contributed by atoms with van der Waals surface area (Å²) in [6, 6.07) is 10.6. The van der Waals surface area contributed by atoms with Gasteiger partial charge in [-0.3, -0.25) is 4.79 Å². The van der Waals surface area contributed by atoms with Crippen molar-refractivity contribution < 1.29 is 18.7 Å². The minimum absolute atomic E-state index is 0.150. The van der Waals surface area contributed by atoms with Gasteiger partial charge in [-0.25, -0.2) is 9.59 Å². The molecule has 27 heavy (non-hydrogen) atoms. The van der Waals surface area contributed by atoms with Crippen LogP contribution in [0.2, 0.25) is 5.02 Å². The second-order valence-electron chi connectivity index (χ2n) is 5.79. The third-order valence-corrected chi connectivity index (χ3v) is 3.98. The van der Waals surface area contributed by atoms with E-state index in [2.05, 4.69) is 5.32 Å². The maximum absolute atomic E-state index is 12.3. The predicted octanol–water partition coefficient (Wildman–Crippen LogP) is 3.34. The Morgan fingerprint density at radius 1 is 1.19 bits per heavy atom. The van der Waals surface area contributed by atoms with Crippen molar-refractivity contribution in [3.8, 4) is 0 Å². The van der Waals surface area contributed by atoms with Crippen molar-refractivity contribution in [1.82, 2.24) is 0 Å². The molecule has 8 heteroatoms. The number of fused-ring (bicyclic) bond motifs is 1. The van der Waals surface area contributed by atoms with Crippen LogP contribution in [0, 0.1) is 0 Å². The number of esters is 1. The lowest BCUT2D eigenvalue weighted by atomic mass is 10.1. The van der Waals surface area contributed by atoms with Crippen molar-refractivity contribution in [3.63, 3.8) is 0 Å². The summed E-state index contributed by atoms with van der Waals surface area (Å²) in [5.41, 5.74) is 6.78. The summed E-state index contributed by atoms with van der Waals surface area (Å²) in [4.78, 5) is 35.2. The van der Waals surface area contributed by atoms with Gasteiger partial charge in [0, 0.05) is 46.4 Å². The number of rotatable bonds is 4. The third kappa shape index (κ3) is 4.27. The van der Waals surface area contributed by atoms with E-state index in [-0.39, 0.29) is 29.3 Å². The lowest BCUT2D eigenvalue weighted by molar-refractivity contribution is -0.114. The number of nitrogen functional groups attached to an aromatic ring is 1. The van der Waals surface area contributed by atoms with Crippen molar-refractivity contribution in [2.75, 3.05) is 11.1 Å². The zero-order valence-electron chi connectivity index (χ0n) is 14.2. The number of benzene rings is 2. The molecule has 138 valence electrons. The second-order valence-corrected chi connectivity index (χ2v) is 6.23. The highest BCUT2D eigenvalue weighted by molar-refractivity contribution is 6.31. The maximum atomic E-state index is 12.3. The number of amides is 1. The topological polar surface area (TPSA) is 112 Å². The second kappa shape index (κ2) is 7.51. The van der Waals surface area contributed by atoms with E-state index >= 15 is 0 Å². The fourth-order valence-corrected chi connectivity index (χ4v) is 2.75. The molecule has 3 aromatic rings. The zero-order valence-corrected chi connectivity index (χ0v) is 15.0. The average molecular weight is 387 g/mol. The fourth-order valence-electron chi connectivity index (χ4n) is 2.57. The Labute approximate surface area is 158 Å². The smallest absolute Gasteiger partial charge is 0.340 e. The highest BCUT2D eigenvalue weighted by atomic mass is 35.5. The van der Waals surface area contributed by atoms with Gasteiger partial charge in [-0.05, 0) is 30.3 Å². The molecule has 0 atom stereocenters. The molecule has 1 aromatic heterocycles. The summed E-state index contributed by atoms with van der Waals surface area (Å²) in [6.07, 6.45) is 0. The molecule has 0 saturated carbocycles. The normalized spacial score (nSPS) is 10.6. The molecule has 0 saturated heterocycles. The van der Waals surface area contributed by atoms with Gasteiger partial charge >= 0.3 is 11.6 Å². The molecule has 0 radical (unpaired) electrons. The molecule has 0 spiro atoms. The number of halogens is 1. The highest BCUT2D eigenvalue weighted by Gasteiger charge is 2.14. The number of nitrogens with one attached hydrogen (secondary N) is 1. The lowest BCUT2D eigenvalue weighted by Crippen LogP contribution is -2.10. The molecule has 1 heterocycles. The summed E-state index contributed by atoms with van der Waals surface area (Å²) in [6.45, 7) is 1.22. The van der Waals surface area contributed by atoms with Crippen molar-refractivity contribution in [2.45, 2.75) is 13.5 Å². The minimum Gasteiger partial charge on any atom is -0.457 e. The maximum Gasteiger partial charge on any atom is 0.340 e. The first-order chi connectivity index (χ1) is 12.8. The molecule has 0 aliphatic carbocycles. The van der Waals surface area contributed by atoms with E-state index < -0.39 is 11.6 Å². The predicted molar refractivity (Wildman–Crippen MR) is 102 cm³/mol. The van der Waals surface area contributed by atoms with E-state index in [4.69, 9.17) is 26.5 Å². The standard InChI is InChI=1S/C19H15ClN2O5/c1-10(23)22-13-3-5-14-11(6-18(24)27-17(14)8-13)9-26-19(25)15-4-2-12(20)7-16(15)21/h2-8H,9,21H2,1H3,(H,22,23). The van der Waals surface area contributed by atoms with E-state index in [0.717, 1.165) is 0 Å². The third-order valence-electron chi connectivity index (χ3n) is 3.74. The molecule has 0 bridgehead atoms. The van der Waals surface area contributed by atoms with Gasteiger partial charge in [0.15, 0.2) is 0 Å². The van der Waals surface area contributed by atoms with Crippen LogP contribution in [-0.4, -0.2) is 11.9 Å². The Balaban J connectivity index is 1.87. The van der Waals surface area contributed by atoms with Gasteiger partial charge in [0.1, 0.15) is 12.2 Å². The van der Waals surface area contributed by atoms with Crippen LogP contribution in [0.5, 0.6) is 0 Å². The van der Waals surface area contributed by atoms with Gasteiger partial charge in [0.25, 0.3) is 0 Å². The van der Waals surface area contributed by atoms with Gasteiger partial charge < -0.3 is 20.2 Å². The van der Waals surface area contributed by atoms with E-state index in [1.54, 1.807) is 12.1 Å². The summed E-state index contributed by atoms with van der Waals surface area (Å²) in [5.74, 6) is -0.886. The molecule has 0 aliphatic rings. The molecule has 3 rings (SSSR count). The SMILES string of the molecule is CC(=O)Nc1ccc2c(COC(=O)c3ccc(Cl)cc3N)cc(=O)oc2c1. The number of hydrogen-bond donors (Lipinski definition) is 2. The van der Waals surface area contributed by atoms with E-state index in [1.165, 1.54) is 37.3 Å². The van der Waals surface area contributed by atoms with Gasteiger partial charge in [-0.15, -0.1) is 0 Å². The Morgan fingerprint density at radius 2 is 1.96 bits per heavy atom. The van der Waals surface area contributed by atoms with Crippen molar-refractivity contribution in [3.05, 3.63) is 69.0 Å². The van der Waals surface area contributed by atoms with Crippen LogP contribution >= 0.6 is 11.6 Å². The number of carbonyl (C=O) groups excluding carboxylic acids is 2. The number of hydrogen-bond acceptors (Lipinski definition) is 6.